The summed E-state index contributed by atoms with van der Waals surface area (Å²) in [6.07, 6.45) is 10.2. The van der Waals surface area contributed by atoms with Gasteiger partial charge in [-0.1, -0.05) is 70.8 Å². The Morgan fingerprint density at radius 1 is 0.826 bits per heavy atom. The quantitative estimate of drug-likeness (QED) is 0.132. The van der Waals surface area contributed by atoms with Crippen molar-refractivity contribution >= 4 is 33.2 Å². The molecule has 234 valence electrons. The van der Waals surface area contributed by atoms with Crippen LogP contribution in [0.1, 0.15) is 52.7 Å². The third kappa shape index (κ3) is 4.94. The van der Waals surface area contributed by atoms with E-state index in [1.807, 2.05) is 34.9 Å². The molecule has 5 heterocycles. The van der Waals surface area contributed by atoms with Gasteiger partial charge in [0, 0.05) is 44.3 Å². The molecule has 0 amide bonds. The molecule has 0 radical (unpaired) electrons. The van der Waals surface area contributed by atoms with Gasteiger partial charge < -0.3 is 18.1 Å². The van der Waals surface area contributed by atoms with Crippen LogP contribution in [-0.4, -0.2) is 14.0 Å². The van der Waals surface area contributed by atoms with Gasteiger partial charge in [-0.15, -0.1) is 35.7 Å². The van der Waals surface area contributed by atoms with Crippen molar-refractivity contribution in [2.75, 3.05) is 0 Å². The summed E-state index contributed by atoms with van der Waals surface area (Å²) in [5.41, 5.74) is 7.21. The fourth-order valence-corrected chi connectivity index (χ4v) is 5.85. The second kappa shape index (κ2) is 10.7. The molecule has 8 rings (SSSR count). The molecule has 0 N–H and O–H groups in total. The summed E-state index contributed by atoms with van der Waals surface area (Å²) in [7, 11) is 0. The Labute approximate surface area is 281 Å². The zero-order valence-corrected chi connectivity index (χ0v) is 28.7. The van der Waals surface area contributed by atoms with E-state index < -0.39 is 0 Å². The number of benzene rings is 3. The van der Waals surface area contributed by atoms with Crippen molar-refractivity contribution in [1.82, 2.24) is 14.0 Å². The van der Waals surface area contributed by atoms with Crippen molar-refractivity contribution in [2.45, 2.75) is 52.4 Å². The zero-order valence-electron chi connectivity index (χ0n) is 26.4. The number of hydrogen-bond acceptors (Lipinski definition) is 4. The maximum Gasteiger partial charge on any atom is 0.279 e. The maximum absolute atomic E-state index is 6.41. The molecule has 0 saturated carbocycles. The molecule has 0 spiro atoms. The average molecular weight is 788 g/mol. The molecule has 8 heteroatoms. The predicted molar refractivity (Wildman–Crippen MR) is 173 cm³/mol. The normalized spacial score (nSPS) is 12.4. The Balaban J connectivity index is 0.00000338. The molecule has 0 unspecified atom stereocenters. The van der Waals surface area contributed by atoms with Crippen molar-refractivity contribution in [2.24, 2.45) is 0 Å². The first-order valence-electron chi connectivity index (χ1n) is 15.0. The van der Waals surface area contributed by atoms with E-state index in [0.717, 1.165) is 38.9 Å². The molecular weight excluding hydrogens is 756 g/mol. The number of hydrogen-bond donors (Lipinski definition) is 0. The molecule has 0 aliphatic carbocycles. The van der Waals surface area contributed by atoms with Gasteiger partial charge in [0.05, 0.1) is 24.4 Å². The monoisotopic (exact) mass is 787 g/mol. The van der Waals surface area contributed by atoms with Crippen LogP contribution in [0.5, 0.6) is 11.5 Å². The average Bonchev–Trinajstić information content (AvgIpc) is 3.76. The fourth-order valence-electron chi connectivity index (χ4n) is 5.85. The van der Waals surface area contributed by atoms with Crippen LogP contribution in [0.15, 0.2) is 94.4 Å². The van der Waals surface area contributed by atoms with Crippen LogP contribution >= 0.6 is 0 Å². The van der Waals surface area contributed by atoms with Gasteiger partial charge in [-0.2, -0.15) is 6.07 Å². The van der Waals surface area contributed by atoms with Crippen molar-refractivity contribution in [3.63, 3.8) is 0 Å². The number of oxazole rings is 2. The molecule has 46 heavy (non-hydrogen) atoms. The molecule has 0 saturated heterocycles. The summed E-state index contributed by atoms with van der Waals surface area (Å²) in [6, 6.07) is 27.8. The Morgan fingerprint density at radius 3 is 2.41 bits per heavy atom. The number of fused-ring (bicyclic) bond motifs is 6. The number of aromatic nitrogens is 4. The SMILES string of the molecule is CC(C)(C)c1ccnc(-n2c3[c-]c(Oc4[c-]c(-c5coc6c7occ[n+]7[c-]n56)ccc4)ccc3c3cc(C(C)(C)C)ccc32)c1.[Pt]. The largest absolute Gasteiger partial charge is 0.503 e. The summed E-state index contributed by atoms with van der Waals surface area (Å²) < 4.78 is 23.5. The van der Waals surface area contributed by atoms with Gasteiger partial charge in [0.1, 0.15) is 5.82 Å². The smallest absolute Gasteiger partial charge is 0.279 e. The van der Waals surface area contributed by atoms with Crippen LogP contribution in [-0.2, 0) is 31.9 Å². The second-order valence-corrected chi connectivity index (χ2v) is 13.5. The summed E-state index contributed by atoms with van der Waals surface area (Å²) in [5.74, 6) is 2.00. The molecule has 0 fully saturated rings. The van der Waals surface area contributed by atoms with Crippen LogP contribution < -0.4 is 9.14 Å². The Kier molecular flexibility index (Phi) is 7.02. The third-order valence-electron chi connectivity index (χ3n) is 8.35. The fraction of sp³-hybridized carbons (Fsp3) is 0.211. The van der Waals surface area contributed by atoms with E-state index in [9.17, 15) is 0 Å². The van der Waals surface area contributed by atoms with Crippen LogP contribution in [0.2, 0.25) is 0 Å². The molecule has 8 aromatic rings. The van der Waals surface area contributed by atoms with E-state index >= 15 is 0 Å². The van der Waals surface area contributed by atoms with Gasteiger partial charge >= 0.3 is 0 Å². The number of nitrogens with zero attached hydrogens (tertiary/aromatic N) is 4. The summed E-state index contributed by atoms with van der Waals surface area (Å²) >= 11 is 0. The Morgan fingerprint density at radius 2 is 1.61 bits per heavy atom. The van der Waals surface area contributed by atoms with Gasteiger partial charge in [-0.05, 0) is 45.5 Å². The van der Waals surface area contributed by atoms with Crippen molar-refractivity contribution < 1.29 is 39.0 Å². The van der Waals surface area contributed by atoms with E-state index in [1.165, 1.54) is 11.1 Å². The van der Waals surface area contributed by atoms with Crippen LogP contribution in [0.25, 0.3) is 50.3 Å². The molecule has 0 aliphatic rings. The molecule has 0 atom stereocenters. The molecule has 0 bridgehead atoms. The summed E-state index contributed by atoms with van der Waals surface area (Å²) in [4.78, 5) is 4.83. The number of ether oxygens (including phenoxy) is 1. The molecule has 5 aromatic heterocycles. The van der Waals surface area contributed by atoms with Gasteiger partial charge in [0.15, 0.2) is 0 Å². The number of rotatable bonds is 4. The van der Waals surface area contributed by atoms with Crippen molar-refractivity contribution in [3.05, 3.63) is 115 Å². The first kappa shape index (κ1) is 30.1. The molecule has 3 aromatic carbocycles. The van der Waals surface area contributed by atoms with E-state index in [-0.39, 0.29) is 31.9 Å². The topological polar surface area (TPSA) is 61.8 Å². The molecule has 0 aliphatic heterocycles. The van der Waals surface area contributed by atoms with Gasteiger partial charge in [-0.25, -0.2) is 4.98 Å². The van der Waals surface area contributed by atoms with Crippen molar-refractivity contribution in [3.8, 4) is 28.6 Å². The molecular formula is C38H32N4O3Pt-2. The first-order valence-corrected chi connectivity index (χ1v) is 15.0. The van der Waals surface area contributed by atoms with Crippen LogP contribution in [0.4, 0.5) is 0 Å². The van der Waals surface area contributed by atoms with E-state index in [2.05, 4.69) is 101 Å². The van der Waals surface area contributed by atoms with Gasteiger partial charge in [0.25, 0.3) is 17.8 Å². The minimum atomic E-state index is -0.0177. The van der Waals surface area contributed by atoms with Gasteiger partial charge in [0.2, 0.25) is 0 Å². The maximum atomic E-state index is 6.41. The second-order valence-electron chi connectivity index (χ2n) is 13.5. The molecule has 7 nitrogen and oxygen atoms in total. The summed E-state index contributed by atoms with van der Waals surface area (Å²) in [5, 5.41) is 2.25. The van der Waals surface area contributed by atoms with Crippen molar-refractivity contribution in [1.29, 1.82) is 0 Å². The van der Waals surface area contributed by atoms with Gasteiger partial charge in [-0.3, -0.25) is 8.80 Å². The number of pyridine rings is 1. The first-order chi connectivity index (χ1) is 21.5. The third-order valence-corrected chi connectivity index (χ3v) is 8.35. The zero-order chi connectivity index (χ0) is 31.1. The Bertz CT molecular complexity index is 2390. The van der Waals surface area contributed by atoms with Crippen LogP contribution in [0.3, 0.4) is 0 Å². The standard InChI is InChI=1S/C38H32N4O3.Pt/c1-37(2,3)25-10-13-31-30(19-25)29-12-11-28(21-32(29)42(31)34-20-26(14-15-39-34)38(4,5)6)45-27-9-7-8-24(18-27)33-22-44-36-35-40(16-17-43-35)23-41(33)36;/h7-17,19-20,22H,1-6H3;/q-2;. The minimum Gasteiger partial charge on any atom is -0.503 e. The van der Waals surface area contributed by atoms with Crippen LogP contribution in [0, 0.1) is 18.5 Å². The predicted octanol–water partition coefficient (Wildman–Crippen LogP) is 8.81. The van der Waals surface area contributed by atoms with E-state index in [0.29, 0.717) is 22.9 Å². The van der Waals surface area contributed by atoms with E-state index in [1.54, 1.807) is 23.1 Å². The number of imidazole rings is 1. The Hall–Kier alpha value is -4.61. The summed E-state index contributed by atoms with van der Waals surface area (Å²) in [6.45, 7) is 13.4. The minimum absolute atomic E-state index is 0. The van der Waals surface area contributed by atoms with E-state index in [4.69, 9.17) is 18.6 Å².